The van der Waals surface area contributed by atoms with E-state index in [9.17, 15) is 9.59 Å². The third kappa shape index (κ3) is 2.56. The number of amides is 1. The molecule has 2 aromatic rings. The number of hydrogen-bond acceptors (Lipinski definition) is 3. The van der Waals surface area contributed by atoms with E-state index >= 15 is 0 Å². The van der Waals surface area contributed by atoms with E-state index in [0.717, 1.165) is 5.39 Å². The molecule has 5 nitrogen and oxygen atoms in total. The Bertz CT molecular complexity index is 672. The lowest BCUT2D eigenvalue weighted by atomic mass is 10.1. The first-order chi connectivity index (χ1) is 9.54. The van der Waals surface area contributed by atoms with Gasteiger partial charge in [-0.2, -0.15) is 0 Å². The molecule has 0 radical (unpaired) electrons. The van der Waals surface area contributed by atoms with Gasteiger partial charge in [-0.3, -0.25) is 9.59 Å². The van der Waals surface area contributed by atoms with Gasteiger partial charge in [0.25, 0.3) is 5.91 Å². The molecule has 1 amide bonds. The molecule has 0 aliphatic carbocycles. The summed E-state index contributed by atoms with van der Waals surface area (Å²) in [6.45, 7) is 5.08. The molecule has 1 aromatic carbocycles. The zero-order valence-corrected chi connectivity index (χ0v) is 11.1. The van der Waals surface area contributed by atoms with E-state index in [1.165, 1.54) is 11.0 Å². The minimum absolute atomic E-state index is 0.154. The SMILES string of the molecule is C=CCN(CC(=O)O)C(=O)c1oc2ccccc2c1C. The lowest BCUT2D eigenvalue weighted by molar-refractivity contribution is -0.137. The fourth-order valence-corrected chi connectivity index (χ4v) is 2.06. The topological polar surface area (TPSA) is 70.8 Å². The lowest BCUT2D eigenvalue weighted by Crippen LogP contribution is -2.35. The van der Waals surface area contributed by atoms with Crippen molar-refractivity contribution in [1.82, 2.24) is 4.90 Å². The van der Waals surface area contributed by atoms with Crippen molar-refractivity contribution in [3.63, 3.8) is 0 Å². The number of rotatable bonds is 5. The monoisotopic (exact) mass is 273 g/mol. The summed E-state index contributed by atoms with van der Waals surface area (Å²) in [6.07, 6.45) is 1.48. The third-order valence-corrected chi connectivity index (χ3v) is 3.00. The van der Waals surface area contributed by atoms with Crippen LogP contribution in [0.5, 0.6) is 0 Å². The first-order valence-corrected chi connectivity index (χ1v) is 6.14. The molecule has 2 rings (SSSR count). The van der Waals surface area contributed by atoms with E-state index < -0.39 is 11.9 Å². The Labute approximate surface area is 116 Å². The van der Waals surface area contributed by atoms with Crippen LogP contribution in [0.1, 0.15) is 16.1 Å². The van der Waals surface area contributed by atoms with Crippen LogP contribution in [-0.4, -0.2) is 35.0 Å². The Hall–Kier alpha value is -2.56. The first-order valence-electron chi connectivity index (χ1n) is 6.14. The molecule has 5 heteroatoms. The van der Waals surface area contributed by atoms with Gasteiger partial charge in [-0.25, -0.2) is 0 Å². The van der Waals surface area contributed by atoms with Crippen LogP contribution in [0.3, 0.4) is 0 Å². The summed E-state index contributed by atoms with van der Waals surface area (Å²) in [5, 5.41) is 9.71. The Morgan fingerprint density at radius 2 is 2.10 bits per heavy atom. The van der Waals surface area contributed by atoms with Gasteiger partial charge in [-0.1, -0.05) is 24.3 Å². The highest BCUT2D eigenvalue weighted by Gasteiger charge is 2.23. The summed E-state index contributed by atoms with van der Waals surface area (Å²) in [4.78, 5) is 24.4. The van der Waals surface area contributed by atoms with Crippen molar-refractivity contribution in [2.45, 2.75) is 6.92 Å². The van der Waals surface area contributed by atoms with Gasteiger partial charge in [0.2, 0.25) is 0 Å². The van der Waals surface area contributed by atoms with Gasteiger partial charge >= 0.3 is 5.97 Å². The average Bonchev–Trinajstić information content (AvgIpc) is 2.75. The van der Waals surface area contributed by atoms with E-state index in [1.807, 2.05) is 18.2 Å². The van der Waals surface area contributed by atoms with Gasteiger partial charge in [0, 0.05) is 17.5 Å². The van der Waals surface area contributed by atoms with E-state index in [0.29, 0.717) is 11.1 Å². The largest absolute Gasteiger partial charge is 0.480 e. The molecule has 0 aliphatic heterocycles. The smallest absolute Gasteiger partial charge is 0.323 e. The fraction of sp³-hybridized carbons (Fsp3) is 0.200. The summed E-state index contributed by atoms with van der Waals surface area (Å²) in [5.41, 5.74) is 1.33. The molecule has 0 spiro atoms. The molecule has 0 bridgehead atoms. The van der Waals surface area contributed by atoms with E-state index in [1.54, 1.807) is 13.0 Å². The Morgan fingerprint density at radius 3 is 2.70 bits per heavy atom. The zero-order chi connectivity index (χ0) is 14.7. The van der Waals surface area contributed by atoms with Crippen molar-refractivity contribution in [3.05, 3.63) is 48.2 Å². The number of hydrogen-bond donors (Lipinski definition) is 1. The molecule has 0 aliphatic rings. The quantitative estimate of drug-likeness (QED) is 0.849. The average molecular weight is 273 g/mol. The molecular formula is C15H15NO4. The summed E-state index contributed by atoms with van der Waals surface area (Å²) < 4.78 is 5.55. The standard InChI is InChI=1S/C15H15NO4/c1-3-8-16(9-13(17)18)15(19)14-10(2)11-6-4-5-7-12(11)20-14/h3-7H,1,8-9H2,2H3,(H,17,18). The molecule has 20 heavy (non-hydrogen) atoms. The highest BCUT2D eigenvalue weighted by atomic mass is 16.4. The van der Waals surface area contributed by atoms with Crippen molar-refractivity contribution in [2.24, 2.45) is 0 Å². The minimum atomic E-state index is -1.08. The van der Waals surface area contributed by atoms with Crippen molar-refractivity contribution < 1.29 is 19.1 Å². The van der Waals surface area contributed by atoms with Crippen LogP contribution >= 0.6 is 0 Å². The summed E-state index contributed by atoms with van der Waals surface area (Å²) in [5.74, 6) is -1.34. The molecule has 1 N–H and O–H groups in total. The number of benzene rings is 1. The van der Waals surface area contributed by atoms with Crippen LogP contribution in [0.15, 0.2) is 41.3 Å². The van der Waals surface area contributed by atoms with Gasteiger partial charge in [0.15, 0.2) is 5.76 Å². The predicted octanol–water partition coefficient (Wildman–Crippen LogP) is 2.45. The van der Waals surface area contributed by atoms with Gasteiger partial charge < -0.3 is 14.4 Å². The molecule has 0 saturated heterocycles. The van der Waals surface area contributed by atoms with Crippen LogP contribution in [-0.2, 0) is 4.79 Å². The Kier molecular flexibility index (Phi) is 3.89. The molecular weight excluding hydrogens is 258 g/mol. The van der Waals surface area contributed by atoms with E-state index in [2.05, 4.69) is 6.58 Å². The molecule has 0 fully saturated rings. The highest BCUT2D eigenvalue weighted by Crippen LogP contribution is 2.25. The molecule has 0 unspecified atom stereocenters. The van der Waals surface area contributed by atoms with E-state index in [4.69, 9.17) is 9.52 Å². The van der Waals surface area contributed by atoms with Crippen LogP contribution in [0.25, 0.3) is 11.0 Å². The molecule has 0 atom stereocenters. The Balaban J connectivity index is 2.40. The predicted molar refractivity (Wildman–Crippen MR) is 74.7 cm³/mol. The fourth-order valence-electron chi connectivity index (χ4n) is 2.06. The number of aliphatic carboxylic acids is 1. The number of carboxylic acids is 1. The van der Waals surface area contributed by atoms with Crippen LogP contribution < -0.4 is 0 Å². The molecule has 1 heterocycles. The van der Waals surface area contributed by atoms with Gasteiger partial charge in [-0.05, 0) is 13.0 Å². The van der Waals surface area contributed by atoms with Gasteiger partial charge in [0.05, 0.1) is 0 Å². The number of carbonyl (C=O) groups excluding carboxylic acids is 1. The Morgan fingerprint density at radius 1 is 1.40 bits per heavy atom. The lowest BCUT2D eigenvalue weighted by Gasteiger charge is -2.17. The van der Waals surface area contributed by atoms with Crippen LogP contribution in [0.4, 0.5) is 0 Å². The maximum Gasteiger partial charge on any atom is 0.323 e. The van der Waals surface area contributed by atoms with E-state index in [-0.39, 0.29) is 18.8 Å². The minimum Gasteiger partial charge on any atom is -0.480 e. The summed E-state index contributed by atoms with van der Waals surface area (Å²) in [7, 11) is 0. The second-order valence-corrected chi connectivity index (χ2v) is 4.42. The van der Waals surface area contributed by atoms with Crippen molar-refractivity contribution >= 4 is 22.8 Å². The maximum absolute atomic E-state index is 12.4. The zero-order valence-electron chi connectivity index (χ0n) is 11.1. The van der Waals surface area contributed by atoms with Gasteiger partial charge in [0.1, 0.15) is 12.1 Å². The number of carbonyl (C=O) groups is 2. The number of aryl methyl sites for hydroxylation is 1. The number of para-hydroxylation sites is 1. The number of nitrogens with zero attached hydrogens (tertiary/aromatic N) is 1. The first kappa shape index (κ1) is 13.9. The third-order valence-electron chi connectivity index (χ3n) is 3.00. The van der Waals surface area contributed by atoms with Crippen molar-refractivity contribution in [1.29, 1.82) is 0 Å². The van der Waals surface area contributed by atoms with Crippen molar-refractivity contribution in [2.75, 3.05) is 13.1 Å². The maximum atomic E-state index is 12.4. The van der Waals surface area contributed by atoms with Crippen LogP contribution in [0, 0.1) is 6.92 Å². The van der Waals surface area contributed by atoms with Crippen LogP contribution in [0.2, 0.25) is 0 Å². The summed E-state index contributed by atoms with van der Waals surface area (Å²) >= 11 is 0. The molecule has 1 aromatic heterocycles. The second-order valence-electron chi connectivity index (χ2n) is 4.42. The number of fused-ring (bicyclic) bond motifs is 1. The van der Waals surface area contributed by atoms with Gasteiger partial charge in [-0.15, -0.1) is 6.58 Å². The molecule has 104 valence electrons. The molecule has 0 saturated carbocycles. The van der Waals surface area contributed by atoms with Crippen molar-refractivity contribution in [3.8, 4) is 0 Å². The summed E-state index contributed by atoms with van der Waals surface area (Å²) in [6, 6.07) is 7.31. The number of carboxylic acid groups (broad SMARTS) is 1. The second kappa shape index (κ2) is 5.61. The normalized spacial score (nSPS) is 10.4. The number of furan rings is 1. The highest BCUT2D eigenvalue weighted by molar-refractivity contribution is 5.99.